The van der Waals surface area contributed by atoms with Gasteiger partial charge in [-0.3, -0.25) is 72.1 Å². The number of amides is 13. The maximum absolute atomic E-state index is 14.0. The molecule has 0 bridgehead atoms. The normalized spacial score (nSPS) is 16.8. The number of aromatic amines is 1. The number of carbonyl (C=O) groups is 15. The number of imidazole rings is 1. The Morgan fingerprint density at radius 1 is 0.596 bits per heavy atom. The van der Waals surface area contributed by atoms with E-state index in [1.54, 1.807) is 13.8 Å². The van der Waals surface area contributed by atoms with Crippen LogP contribution in [0.1, 0.15) is 97.1 Å². The average Bonchev–Trinajstić information content (AvgIpc) is 1.68. The van der Waals surface area contributed by atoms with E-state index in [4.69, 9.17) is 28.0 Å². The number of nitrogens with zero attached hydrogens (tertiary/aromatic N) is 4. The van der Waals surface area contributed by atoms with Gasteiger partial charge in [0.1, 0.15) is 54.4 Å². The molecule has 13 amide bonds. The number of hydrogen-bond acceptors (Lipinski definition) is 21. The lowest BCUT2D eigenvalue weighted by atomic mass is 10.0. The Labute approximate surface area is 539 Å². The topological polar surface area (TPSA) is 621 Å². The van der Waals surface area contributed by atoms with E-state index in [0.717, 1.165) is 0 Å². The molecule has 0 aliphatic carbocycles. The largest absolute Gasteiger partial charge is 0.481 e. The number of hydrogen-bond donors (Lipinski definition) is 20. The number of unbranched alkanes of at least 4 members (excludes halogenated alkanes) is 1. The Hall–Kier alpha value is -9.63. The first-order valence-corrected chi connectivity index (χ1v) is 30.5. The second-order valence-electron chi connectivity index (χ2n) is 22.5. The molecular formula is C55H90N20O19. The maximum Gasteiger partial charge on any atom is 0.326 e. The summed E-state index contributed by atoms with van der Waals surface area (Å²) in [7, 11) is 0. The molecule has 3 rings (SSSR count). The van der Waals surface area contributed by atoms with Gasteiger partial charge in [0.05, 0.1) is 51.8 Å². The number of carboxylic acids is 2. The van der Waals surface area contributed by atoms with E-state index in [1.165, 1.54) is 29.2 Å². The summed E-state index contributed by atoms with van der Waals surface area (Å²) < 4.78 is 0. The van der Waals surface area contributed by atoms with E-state index in [0.29, 0.717) is 37.9 Å². The van der Waals surface area contributed by atoms with Crippen molar-refractivity contribution in [3.63, 3.8) is 0 Å². The zero-order chi connectivity index (χ0) is 70.2. The van der Waals surface area contributed by atoms with E-state index in [9.17, 15) is 87.2 Å². The molecule has 10 atom stereocenters. The van der Waals surface area contributed by atoms with Crippen LogP contribution in [0, 0.1) is 5.92 Å². The minimum atomic E-state index is -1.76. The predicted molar refractivity (Wildman–Crippen MR) is 327 cm³/mol. The van der Waals surface area contributed by atoms with Gasteiger partial charge in [0.2, 0.25) is 76.8 Å². The van der Waals surface area contributed by atoms with Crippen molar-refractivity contribution >= 4 is 94.7 Å². The number of aliphatic imine (C=N–C) groups is 1. The Bertz CT molecular complexity index is 2840. The zero-order valence-electron chi connectivity index (χ0n) is 52.6. The van der Waals surface area contributed by atoms with E-state index in [2.05, 4.69) is 73.4 Å². The third-order valence-corrected chi connectivity index (χ3v) is 14.8. The van der Waals surface area contributed by atoms with Crippen LogP contribution in [0.4, 0.5) is 0 Å². The highest BCUT2D eigenvalue weighted by Crippen LogP contribution is 2.20. The Kier molecular flexibility index (Phi) is 33.8. The first kappa shape index (κ1) is 78.6. The number of aromatic nitrogens is 2. The number of rotatable bonds is 41. The third kappa shape index (κ3) is 26.9. The second-order valence-corrected chi connectivity index (χ2v) is 22.5. The van der Waals surface area contributed by atoms with Crippen molar-refractivity contribution in [3.8, 4) is 0 Å². The summed E-state index contributed by atoms with van der Waals surface area (Å²) in [5, 5.41) is 65.1. The number of H-pyrrole nitrogens is 1. The van der Waals surface area contributed by atoms with Crippen molar-refractivity contribution in [2.45, 2.75) is 158 Å². The molecule has 39 nitrogen and oxygen atoms in total. The van der Waals surface area contributed by atoms with E-state index >= 15 is 0 Å². The second kappa shape index (κ2) is 40.4. The van der Waals surface area contributed by atoms with Crippen LogP contribution in [0.15, 0.2) is 17.5 Å². The molecule has 524 valence electrons. The lowest BCUT2D eigenvalue weighted by Gasteiger charge is -2.29. The van der Waals surface area contributed by atoms with Gasteiger partial charge in [-0.15, -0.1) is 0 Å². The lowest BCUT2D eigenvalue weighted by molar-refractivity contribution is -0.143. The Morgan fingerprint density at radius 3 is 1.60 bits per heavy atom. The molecule has 2 aliphatic heterocycles. The number of aliphatic carboxylic acids is 2. The van der Waals surface area contributed by atoms with Crippen LogP contribution >= 0.6 is 0 Å². The quantitative estimate of drug-likeness (QED) is 0.0164. The van der Waals surface area contributed by atoms with Gasteiger partial charge in [0.25, 0.3) is 0 Å². The van der Waals surface area contributed by atoms with Crippen molar-refractivity contribution in [1.82, 2.24) is 78.3 Å². The number of guanidine groups is 1. The monoisotopic (exact) mass is 1330 g/mol. The summed E-state index contributed by atoms with van der Waals surface area (Å²) in [5.74, 6) is -14.8. The van der Waals surface area contributed by atoms with Crippen molar-refractivity contribution in [3.05, 3.63) is 18.2 Å². The molecule has 0 spiro atoms. The predicted octanol–water partition coefficient (Wildman–Crippen LogP) is -10.1. The number of nitrogens with two attached hydrogens (primary N) is 4. The van der Waals surface area contributed by atoms with Crippen molar-refractivity contribution < 1.29 is 92.3 Å². The van der Waals surface area contributed by atoms with Gasteiger partial charge in [-0.05, 0) is 83.6 Å². The lowest BCUT2D eigenvalue weighted by Crippen LogP contribution is -2.59. The van der Waals surface area contributed by atoms with Gasteiger partial charge in [0.15, 0.2) is 5.96 Å². The van der Waals surface area contributed by atoms with E-state index in [-0.39, 0.29) is 70.7 Å². The van der Waals surface area contributed by atoms with Crippen LogP contribution in [0.2, 0.25) is 0 Å². The number of nitrogens with one attached hydrogen (secondary N) is 12. The summed E-state index contributed by atoms with van der Waals surface area (Å²) in [4.78, 5) is 209. The number of carboxylic acid groups (broad SMARTS) is 2. The minimum absolute atomic E-state index is 0.0353. The summed E-state index contributed by atoms with van der Waals surface area (Å²) in [6.07, 6.45) is 1.62. The van der Waals surface area contributed by atoms with Gasteiger partial charge in [-0.1, -0.05) is 13.8 Å². The SMILES string of the molecule is CC(C)[C@H](NC(=O)[C@@H]1CCCN1C(=O)CN)C(=O)NCC(=O)N1CCC[C@H]1C(=O)N[C@H](C(=O)NCC(=O)N[C@@H](CCCCN)C(=O)N[C@@H](Cc1cnc[nH]1)C(=O)NCC(=O)N[C@@H](CO)C(=O)N[C@@H](CCCN=C(N)N)C(=O)NCC(=O)N[C@@H](CCC(=O)O)C(=O)O)[C@@H](C)O. The molecule has 94 heavy (non-hydrogen) atoms. The number of carbonyl (C=O) groups excluding carboxylic acids is 13. The van der Waals surface area contributed by atoms with Crippen LogP contribution in [0.5, 0.6) is 0 Å². The van der Waals surface area contributed by atoms with Gasteiger partial charge < -0.3 is 117 Å². The highest BCUT2D eigenvalue weighted by Gasteiger charge is 2.40. The molecule has 3 heterocycles. The van der Waals surface area contributed by atoms with Gasteiger partial charge in [-0.25, -0.2) is 9.78 Å². The first-order valence-electron chi connectivity index (χ1n) is 30.5. The van der Waals surface area contributed by atoms with Crippen LogP contribution < -0.4 is 81.4 Å². The summed E-state index contributed by atoms with van der Waals surface area (Å²) in [6.45, 7) is 0.693. The summed E-state index contributed by atoms with van der Waals surface area (Å²) in [5.41, 5.74) is 22.3. The number of aliphatic hydroxyl groups excluding tert-OH is 2. The van der Waals surface area contributed by atoms with E-state index in [1.807, 2.05) is 0 Å². The number of aliphatic hydroxyl groups is 2. The Balaban J connectivity index is 1.64. The van der Waals surface area contributed by atoms with Crippen LogP contribution in [-0.2, 0) is 78.3 Å². The molecule has 1 aromatic heterocycles. The van der Waals surface area contributed by atoms with Crippen LogP contribution in [0.25, 0.3) is 0 Å². The average molecular weight is 1340 g/mol. The molecule has 2 saturated heterocycles. The van der Waals surface area contributed by atoms with Crippen molar-refractivity contribution in [2.75, 3.05) is 65.5 Å². The molecule has 1 aromatic rings. The maximum atomic E-state index is 14.0. The van der Waals surface area contributed by atoms with E-state index < -0.39 is 201 Å². The van der Waals surface area contributed by atoms with Gasteiger partial charge in [0, 0.05) is 44.4 Å². The fourth-order valence-electron chi connectivity index (χ4n) is 9.82. The fourth-order valence-corrected chi connectivity index (χ4v) is 9.82. The molecular weight excluding hydrogens is 1240 g/mol. The molecule has 39 heteroatoms. The third-order valence-electron chi connectivity index (χ3n) is 14.8. The summed E-state index contributed by atoms with van der Waals surface area (Å²) >= 11 is 0. The van der Waals surface area contributed by atoms with Gasteiger partial charge in [-0.2, -0.15) is 0 Å². The zero-order valence-corrected chi connectivity index (χ0v) is 52.6. The van der Waals surface area contributed by atoms with Crippen LogP contribution in [-0.4, -0.2) is 261 Å². The fraction of sp³-hybridized carbons (Fsp3) is 0.655. The number of likely N-dealkylation sites (tertiary alicyclic amines) is 2. The smallest absolute Gasteiger partial charge is 0.326 e. The highest BCUT2D eigenvalue weighted by molar-refractivity contribution is 5.99. The van der Waals surface area contributed by atoms with Gasteiger partial charge >= 0.3 is 11.9 Å². The minimum Gasteiger partial charge on any atom is -0.481 e. The molecule has 0 saturated carbocycles. The summed E-state index contributed by atoms with van der Waals surface area (Å²) in [6, 6.07) is -12.5. The molecule has 24 N–H and O–H groups in total. The molecule has 0 radical (unpaired) electrons. The molecule has 2 aliphatic rings. The van der Waals surface area contributed by atoms with Crippen LogP contribution in [0.3, 0.4) is 0 Å². The van der Waals surface area contributed by atoms with Crippen molar-refractivity contribution in [2.24, 2.45) is 33.8 Å². The van der Waals surface area contributed by atoms with Crippen molar-refractivity contribution in [1.29, 1.82) is 0 Å². The standard InChI is InChI=1S/C55H90N20O19/c1-28(2)44(72-50(89)36-11-7-17-74(36)41(81)20-57)52(91)65-25-42(82)75-18-8-12-37(75)51(90)73-45(29(3)77)53(92)64-24-38(78)67-32(9-4-5-15-56)48(87)71-34(19-30-21-60-27-66-30)47(86)63-23-40(80)69-35(26-76)49(88)70-31(10-6-16-61-55(58)59)46(85)62-22-39(79)68-33(54(93)94)13-14-43(83)84/h21,27-29,31-37,44-45,76-77H,4-20,22-26,56-57H2,1-3H3,(H,60,66)(H,62,85)(H,63,86)(H,64,92)(H,65,91)(H,67,78)(H,68,79)(H,69,80)(H,70,88)(H,71,87)(H,72,89)(H,73,90)(H,83,84)(H,93,94)(H4,58,59,61)/t29-,31+,32+,33+,34+,35+,36+,37+,44+,45+/m1/s1. The molecule has 0 unspecified atom stereocenters. The first-order chi connectivity index (χ1) is 44.5. The highest BCUT2D eigenvalue weighted by atomic mass is 16.4. The Morgan fingerprint density at radius 2 is 1.09 bits per heavy atom. The molecule has 2 fully saturated rings. The molecule has 0 aromatic carbocycles.